The Morgan fingerprint density at radius 2 is 1.89 bits per heavy atom. The Bertz CT molecular complexity index is 905. The first kappa shape index (κ1) is 19.2. The van der Waals surface area contributed by atoms with Crippen molar-refractivity contribution in [3.8, 4) is 0 Å². The molecule has 6 nitrogen and oxygen atoms in total. The van der Waals surface area contributed by atoms with E-state index in [-0.39, 0.29) is 17.7 Å². The molecule has 6 heteroatoms. The van der Waals surface area contributed by atoms with E-state index in [9.17, 15) is 14.4 Å². The van der Waals surface area contributed by atoms with E-state index in [2.05, 4.69) is 10.3 Å². The van der Waals surface area contributed by atoms with E-state index in [1.54, 1.807) is 24.5 Å². The van der Waals surface area contributed by atoms with Crippen molar-refractivity contribution in [2.75, 3.05) is 13.1 Å². The van der Waals surface area contributed by atoms with Crippen molar-refractivity contribution in [3.05, 3.63) is 78.1 Å². The fourth-order valence-electron chi connectivity index (χ4n) is 2.86. The highest BCUT2D eigenvalue weighted by Crippen LogP contribution is 2.23. The molecule has 2 heterocycles. The maximum Gasteiger partial charge on any atom is 0.261 e. The summed E-state index contributed by atoms with van der Waals surface area (Å²) in [7, 11) is 0. The molecule has 3 rings (SSSR count). The summed E-state index contributed by atoms with van der Waals surface area (Å²) in [6.07, 6.45) is 9.19. The molecule has 1 aliphatic heterocycles. The molecule has 0 unspecified atom stereocenters. The van der Waals surface area contributed by atoms with Crippen molar-refractivity contribution >= 4 is 29.4 Å². The zero-order valence-corrected chi connectivity index (χ0v) is 15.4. The molecule has 1 N–H and O–H groups in total. The van der Waals surface area contributed by atoms with Gasteiger partial charge in [-0.05, 0) is 36.1 Å². The van der Waals surface area contributed by atoms with Crippen molar-refractivity contribution < 1.29 is 14.4 Å². The summed E-state index contributed by atoms with van der Waals surface area (Å²) in [5.74, 6) is -0.739. The number of carbonyl (C=O) groups is 3. The maximum absolute atomic E-state index is 12.5. The van der Waals surface area contributed by atoms with Crippen molar-refractivity contribution in [1.29, 1.82) is 0 Å². The van der Waals surface area contributed by atoms with Gasteiger partial charge in [-0.25, -0.2) is 0 Å². The van der Waals surface area contributed by atoms with E-state index in [1.165, 1.54) is 17.1 Å². The second-order valence-corrected chi connectivity index (χ2v) is 6.34. The number of rotatable bonds is 8. The monoisotopic (exact) mass is 375 g/mol. The Balaban J connectivity index is 1.39. The van der Waals surface area contributed by atoms with Gasteiger partial charge in [0.15, 0.2) is 0 Å². The molecule has 3 amide bonds. The van der Waals surface area contributed by atoms with Gasteiger partial charge in [0.25, 0.3) is 11.8 Å². The first-order valence-electron chi connectivity index (χ1n) is 9.14. The minimum Gasteiger partial charge on any atom is -0.353 e. The summed E-state index contributed by atoms with van der Waals surface area (Å²) >= 11 is 0. The van der Waals surface area contributed by atoms with E-state index in [4.69, 9.17) is 0 Å². The van der Waals surface area contributed by atoms with Gasteiger partial charge in [0.1, 0.15) is 0 Å². The molecule has 0 aliphatic carbocycles. The first-order chi connectivity index (χ1) is 13.6. The van der Waals surface area contributed by atoms with Crippen LogP contribution in [0.25, 0.3) is 11.6 Å². The highest BCUT2D eigenvalue weighted by Gasteiger charge is 2.30. The molecule has 0 saturated heterocycles. The lowest BCUT2D eigenvalue weighted by Gasteiger charge is -2.14. The topological polar surface area (TPSA) is 79.4 Å². The van der Waals surface area contributed by atoms with Crippen LogP contribution in [0.15, 0.2) is 67.0 Å². The molecule has 0 atom stereocenters. The fourth-order valence-corrected chi connectivity index (χ4v) is 2.86. The number of hydrogen-bond donors (Lipinski definition) is 1. The third kappa shape index (κ3) is 5.01. The van der Waals surface area contributed by atoms with Crippen LogP contribution in [0.3, 0.4) is 0 Å². The SMILES string of the molecule is O=C(/C=C\c1cccnc1)NCCCCN1C(=O)C=C(c2ccccc2)C1=O. The second-order valence-electron chi connectivity index (χ2n) is 6.34. The molecule has 2 aromatic rings. The van der Waals surface area contributed by atoms with Gasteiger partial charge >= 0.3 is 0 Å². The summed E-state index contributed by atoms with van der Waals surface area (Å²) < 4.78 is 0. The van der Waals surface area contributed by atoms with Crippen molar-refractivity contribution in [2.24, 2.45) is 0 Å². The molecule has 1 aliphatic rings. The lowest BCUT2D eigenvalue weighted by molar-refractivity contribution is -0.136. The minimum absolute atomic E-state index is 0.190. The summed E-state index contributed by atoms with van der Waals surface area (Å²) in [6, 6.07) is 12.8. The number of nitrogens with zero attached hydrogens (tertiary/aromatic N) is 2. The molecular formula is C22H21N3O3. The van der Waals surface area contributed by atoms with E-state index in [0.717, 1.165) is 11.1 Å². The van der Waals surface area contributed by atoms with Crippen LogP contribution in [-0.4, -0.2) is 40.7 Å². The van der Waals surface area contributed by atoms with Gasteiger partial charge in [-0.2, -0.15) is 0 Å². The molecule has 0 saturated carbocycles. The highest BCUT2D eigenvalue weighted by molar-refractivity contribution is 6.33. The highest BCUT2D eigenvalue weighted by atomic mass is 16.2. The quantitative estimate of drug-likeness (QED) is 0.437. The summed E-state index contributed by atoms with van der Waals surface area (Å²) in [6.45, 7) is 0.817. The second kappa shape index (κ2) is 9.41. The van der Waals surface area contributed by atoms with Gasteiger partial charge in [-0.15, -0.1) is 0 Å². The minimum atomic E-state index is -0.285. The molecule has 1 aromatic carbocycles. The van der Waals surface area contributed by atoms with Crippen molar-refractivity contribution in [3.63, 3.8) is 0 Å². The molecule has 1 aromatic heterocycles. The molecule has 0 fully saturated rings. The predicted octanol–water partition coefficient (Wildman–Crippen LogP) is 2.44. The summed E-state index contributed by atoms with van der Waals surface area (Å²) in [5.41, 5.74) is 2.03. The zero-order valence-electron chi connectivity index (χ0n) is 15.4. The van der Waals surface area contributed by atoms with Gasteiger partial charge in [-0.1, -0.05) is 36.4 Å². The Kier molecular flexibility index (Phi) is 6.46. The largest absolute Gasteiger partial charge is 0.353 e. The number of hydrogen-bond acceptors (Lipinski definition) is 4. The molecular weight excluding hydrogens is 354 g/mol. The lowest BCUT2D eigenvalue weighted by atomic mass is 10.1. The maximum atomic E-state index is 12.5. The first-order valence-corrected chi connectivity index (χ1v) is 9.14. The molecule has 142 valence electrons. The van der Waals surface area contributed by atoms with E-state index in [1.807, 2.05) is 36.4 Å². The Labute approximate surface area is 163 Å². The summed E-state index contributed by atoms with van der Waals surface area (Å²) in [5, 5.41) is 2.79. The van der Waals surface area contributed by atoms with Crippen LogP contribution < -0.4 is 5.32 Å². The van der Waals surface area contributed by atoms with E-state index < -0.39 is 0 Å². The van der Waals surface area contributed by atoms with Crippen LogP contribution in [0.2, 0.25) is 0 Å². The number of benzene rings is 1. The van der Waals surface area contributed by atoms with Crippen LogP contribution in [-0.2, 0) is 14.4 Å². The predicted molar refractivity (Wildman–Crippen MR) is 107 cm³/mol. The third-order valence-electron chi connectivity index (χ3n) is 4.31. The molecule has 0 spiro atoms. The number of imide groups is 1. The number of pyridine rings is 1. The van der Waals surface area contributed by atoms with Gasteiger partial charge < -0.3 is 5.32 Å². The third-order valence-corrected chi connectivity index (χ3v) is 4.31. The number of carbonyl (C=O) groups excluding carboxylic acids is 3. The lowest BCUT2D eigenvalue weighted by Crippen LogP contribution is -2.32. The Morgan fingerprint density at radius 3 is 2.64 bits per heavy atom. The van der Waals surface area contributed by atoms with Crippen molar-refractivity contribution in [1.82, 2.24) is 15.2 Å². The van der Waals surface area contributed by atoms with E-state index in [0.29, 0.717) is 31.5 Å². The van der Waals surface area contributed by atoms with Gasteiger partial charge in [0.05, 0.1) is 5.57 Å². The summed E-state index contributed by atoms with van der Waals surface area (Å²) in [4.78, 5) is 41.6. The standard InChI is InChI=1S/C22H21N3O3/c26-20(11-10-17-7-6-12-23-16-17)24-13-4-5-14-25-21(27)15-19(22(25)28)18-8-2-1-3-9-18/h1-3,6-12,15-16H,4-5,13-14H2,(H,24,26)/b11-10-. The number of aromatic nitrogens is 1. The smallest absolute Gasteiger partial charge is 0.261 e. The number of unbranched alkanes of at least 4 members (excludes halogenated alkanes) is 1. The van der Waals surface area contributed by atoms with Crippen molar-refractivity contribution in [2.45, 2.75) is 12.8 Å². The van der Waals surface area contributed by atoms with Gasteiger partial charge in [0.2, 0.25) is 5.91 Å². The van der Waals surface area contributed by atoms with Crippen LogP contribution in [0.5, 0.6) is 0 Å². The van der Waals surface area contributed by atoms with Crippen LogP contribution in [0, 0.1) is 0 Å². The van der Waals surface area contributed by atoms with Gasteiger partial charge in [0, 0.05) is 37.6 Å². The van der Waals surface area contributed by atoms with E-state index >= 15 is 0 Å². The fraction of sp³-hybridized carbons (Fsp3) is 0.182. The number of amides is 3. The van der Waals surface area contributed by atoms with Crippen LogP contribution in [0.4, 0.5) is 0 Å². The Morgan fingerprint density at radius 1 is 1.07 bits per heavy atom. The van der Waals surface area contributed by atoms with Gasteiger partial charge in [-0.3, -0.25) is 24.3 Å². The number of nitrogens with one attached hydrogen (secondary N) is 1. The average Bonchev–Trinajstić information content (AvgIpc) is 3.01. The zero-order chi connectivity index (χ0) is 19.8. The molecule has 28 heavy (non-hydrogen) atoms. The molecule has 0 radical (unpaired) electrons. The molecule has 0 bridgehead atoms. The van der Waals surface area contributed by atoms with Crippen LogP contribution in [0.1, 0.15) is 24.0 Å². The average molecular weight is 375 g/mol. The normalized spacial score (nSPS) is 13.9. The Hall–Kier alpha value is -3.54. The van der Waals surface area contributed by atoms with Crippen LogP contribution >= 0.6 is 0 Å².